The summed E-state index contributed by atoms with van der Waals surface area (Å²) in [6, 6.07) is 3.77. The summed E-state index contributed by atoms with van der Waals surface area (Å²) in [5.74, 6) is 0.864. The minimum Gasteiger partial charge on any atom is -0.341 e. The molecular formula is C19H25N5O2S. The van der Waals surface area contributed by atoms with Crippen molar-refractivity contribution in [2.45, 2.75) is 38.0 Å². The van der Waals surface area contributed by atoms with Crippen LogP contribution in [0.5, 0.6) is 0 Å². The first-order valence-corrected chi connectivity index (χ1v) is 11.0. The van der Waals surface area contributed by atoms with Crippen LogP contribution in [-0.2, 0) is 23.0 Å². The molecule has 0 aliphatic carbocycles. The Bertz CT molecular complexity index is 873. The van der Waals surface area contributed by atoms with E-state index in [0.717, 1.165) is 30.5 Å². The third-order valence-electron chi connectivity index (χ3n) is 5.62. The van der Waals surface area contributed by atoms with E-state index in [9.17, 15) is 8.42 Å². The number of nitrogens with zero attached hydrogens (tertiary/aromatic N) is 5. The molecule has 27 heavy (non-hydrogen) atoms. The highest BCUT2D eigenvalue weighted by molar-refractivity contribution is 7.90. The second-order valence-electron chi connectivity index (χ2n) is 7.31. The number of sulfonamides is 1. The minimum atomic E-state index is -3.29. The molecule has 2 saturated heterocycles. The van der Waals surface area contributed by atoms with Gasteiger partial charge in [-0.2, -0.15) is 4.31 Å². The number of pyridine rings is 1. The van der Waals surface area contributed by atoms with E-state index in [1.807, 2.05) is 24.5 Å². The maximum absolute atomic E-state index is 13.1. The Morgan fingerprint density at radius 3 is 2.59 bits per heavy atom. The van der Waals surface area contributed by atoms with Gasteiger partial charge >= 0.3 is 0 Å². The Morgan fingerprint density at radius 1 is 1.11 bits per heavy atom. The molecule has 0 N–H and O–H groups in total. The molecule has 2 aliphatic rings. The zero-order chi connectivity index (χ0) is 18.9. The number of anilines is 1. The minimum absolute atomic E-state index is 0.159. The quantitative estimate of drug-likeness (QED) is 0.797. The van der Waals surface area contributed by atoms with Crippen molar-refractivity contribution in [3.05, 3.63) is 48.0 Å². The van der Waals surface area contributed by atoms with Gasteiger partial charge in [0, 0.05) is 51.0 Å². The zero-order valence-corrected chi connectivity index (χ0v) is 16.3. The number of rotatable bonds is 4. The molecule has 0 bridgehead atoms. The lowest BCUT2D eigenvalue weighted by atomic mass is 10.0. The lowest BCUT2D eigenvalue weighted by Gasteiger charge is -2.22. The fourth-order valence-corrected chi connectivity index (χ4v) is 6.26. The number of aryl methyl sites for hydroxylation is 1. The van der Waals surface area contributed by atoms with Crippen LogP contribution in [0, 0.1) is 5.92 Å². The molecule has 0 aromatic carbocycles. The second kappa shape index (κ2) is 7.52. The molecule has 0 radical (unpaired) electrons. The maximum Gasteiger partial charge on any atom is 0.225 e. The largest absolute Gasteiger partial charge is 0.341 e. The highest BCUT2D eigenvalue weighted by Gasteiger charge is 2.46. The van der Waals surface area contributed by atoms with Crippen LogP contribution in [0.1, 0.15) is 30.9 Å². The third-order valence-corrected chi connectivity index (χ3v) is 8.01. The molecule has 2 aromatic heterocycles. The fourth-order valence-electron chi connectivity index (χ4n) is 4.04. The van der Waals surface area contributed by atoms with Gasteiger partial charge in [0.05, 0.1) is 5.25 Å². The van der Waals surface area contributed by atoms with Crippen LogP contribution < -0.4 is 4.90 Å². The zero-order valence-electron chi connectivity index (χ0n) is 15.5. The summed E-state index contributed by atoms with van der Waals surface area (Å²) in [4.78, 5) is 15.1. The standard InChI is InChI=1S/C19H25N5O2S/c1-2-15-11-21-19(22-12-15)23-8-5-17-14-24(13-16-4-3-7-20-10-16)27(25,26)18(17)6-9-23/h3-4,7,10-12,17-18H,2,5-6,8-9,13-14H2,1H3/t17-,18-/m1/s1. The molecule has 8 heteroatoms. The SMILES string of the molecule is CCc1cnc(N2CC[C@@H]3CN(Cc4cccnc4)S(=O)(=O)[C@@H]3CC2)nc1. The Kier molecular flexibility index (Phi) is 5.10. The van der Waals surface area contributed by atoms with E-state index in [1.54, 1.807) is 16.7 Å². The van der Waals surface area contributed by atoms with Crippen molar-refractivity contribution in [3.63, 3.8) is 0 Å². The van der Waals surface area contributed by atoms with Crippen molar-refractivity contribution in [3.8, 4) is 0 Å². The van der Waals surface area contributed by atoms with Crippen molar-refractivity contribution in [1.82, 2.24) is 19.3 Å². The molecule has 7 nitrogen and oxygen atoms in total. The molecule has 4 heterocycles. The molecular weight excluding hydrogens is 362 g/mol. The van der Waals surface area contributed by atoms with Gasteiger partial charge in [-0.1, -0.05) is 13.0 Å². The molecule has 2 aliphatic heterocycles. The average Bonchev–Trinajstić information content (AvgIpc) is 2.83. The first-order valence-electron chi connectivity index (χ1n) is 9.51. The van der Waals surface area contributed by atoms with Gasteiger partial charge in [0.15, 0.2) is 0 Å². The lowest BCUT2D eigenvalue weighted by Crippen LogP contribution is -2.32. The van der Waals surface area contributed by atoms with E-state index >= 15 is 0 Å². The summed E-state index contributed by atoms with van der Waals surface area (Å²) in [5.41, 5.74) is 2.04. The molecule has 4 rings (SSSR count). The van der Waals surface area contributed by atoms with E-state index in [4.69, 9.17) is 0 Å². The van der Waals surface area contributed by atoms with E-state index in [0.29, 0.717) is 32.0 Å². The molecule has 0 amide bonds. The Hall–Kier alpha value is -2.06. The number of fused-ring (bicyclic) bond motifs is 1. The van der Waals surface area contributed by atoms with Crippen molar-refractivity contribution in [2.75, 3.05) is 24.5 Å². The molecule has 2 aromatic rings. The lowest BCUT2D eigenvalue weighted by molar-refractivity contribution is 0.381. The maximum atomic E-state index is 13.1. The van der Waals surface area contributed by atoms with Gasteiger partial charge in [0.2, 0.25) is 16.0 Å². The van der Waals surface area contributed by atoms with Crippen molar-refractivity contribution in [2.24, 2.45) is 5.92 Å². The fraction of sp³-hybridized carbons (Fsp3) is 0.526. The van der Waals surface area contributed by atoms with Gasteiger partial charge in [-0.25, -0.2) is 18.4 Å². The number of hydrogen-bond acceptors (Lipinski definition) is 6. The van der Waals surface area contributed by atoms with Crippen LogP contribution in [0.4, 0.5) is 5.95 Å². The normalized spacial score (nSPS) is 25.1. The van der Waals surface area contributed by atoms with Crippen LogP contribution in [-0.4, -0.2) is 52.6 Å². The number of hydrogen-bond donors (Lipinski definition) is 0. The van der Waals surface area contributed by atoms with Crippen molar-refractivity contribution >= 4 is 16.0 Å². The summed E-state index contributed by atoms with van der Waals surface area (Å²) in [5, 5.41) is -0.311. The topological polar surface area (TPSA) is 79.3 Å². The first-order chi connectivity index (χ1) is 13.1. The number of aromatic nitrogens is 3. The molecule has 0 saturated carbocycles. The van der Waals surface area contributed by atoms with Crippen molar-refractivity contribution < 1.29 is 8.42 Å². The van der Waals surface area contributed by atoms with E-state index in [1.165, 1.54) is 0 Å². The molecule has 2 atom stereocenters. The highest BCUT2D eigenvalue weighted by Crippen LogP contribution is 2.35. The molecule has 0 unspecified atom stereocenters. The van der Waals surface area contributed by atoms with Crippen LogP contribution in [0.3, 0.4) is 0 Å². The second-order valence-corrected chi connectivity index (χ2v) is 9.46. The van der Waals surface area contributed by atoms with Crippen LogP contribution in [0.15, 0.2) is 36.9 Å². The summed E-state index contributed by atoms with van der Waals surface area (Å²) in [6.07, 6.45) is 9.54. The summed E-state index contributed by atoms with van der Waals surface area (Å²) >= 11 is 0. The van der Waals surface area contributed by atoms with E-state index < -0.39 is 10.0 Å². The summed E-state index contributed by atoms with van der Waals surface area (Å²) in [6.45, 7) is 4.54. The smallest absolute Gasteiger partial charge is 0.225 e. The van der Waals surface area contributed by atoms with Gasteiger partial charge < -0.3 is 4.90 Å². The van der Waals surface area contributed by atoms with Gasteiger partial charge in [0.1, 0.15) is 0 Å². The van der Waals surface area contributed by atoms with Gasteiger partial charge in [-0.05, 0) is 42.4 Å². The Labute approximate surface area is 160 Å². The highest BCUT2D eigenvalue weighted by atomic mass is 32.2. The molecule has 0 spiro atoms. The first kappa shape index (κ1) is 18.3. The van der Waals surface area contributed by atoms with Crippen LogP contribution in [0.2, 0.25) is 0 Å². The molecule has 2 fully saturated rings. The van der Waals surface area contributed by atoms with Gasteiger partial charge in [-0.15, -0.1) is 0 Å². The Balaban J connectivity index is 1.46. The van der Waals surface area contributed by atoms with E-state index in [2.05, 4.69) is 26.8 Å². The Morgan fingerprint density at radius 2 is 1.89 bits per heavy atom. The van der Waals surface area contributed by atoms with E-state index in [-0.39, 0.29) is 11.2 Å². The predicted octanol–water partition coefficient (Wildman–Crippen LogP) is 1.86. The van der Waals surface area contributed by atoms with Gasteiger partial charge in [-0.3, -0.25) is 4.98 Å². The summed E-state index contributed by atoms with van der Waals surface area (Å²) < 4.78 is 27.8. The summed E-state index contributed by atoms with van der Waals surface area (Å²) in [7, 11) is -3.29. The predicted molar refractivity (Wildman–Crippen MR) is 104 cm³/mol. The van der Waals surface area contributed by atoms with Crippen LogP contribution in [0.25, 0.3) is 0 Å². The van der Waals surface area contributed by atoms with Crippen molar-refractivity contribution in [1.29, 1.82) is 0 Å². The average molecular weight is 388 g/mol. The third kappa shape index (κ3) is 3.68. The van der Waals surface area contributed by atoms with Crippen LogP contribution >= 0.6 is 0 Å². The van der Waals surface area contributed by atoms with Gasteiger partial charge in [0.25, 0.3) is 0 Å². The molecule has 144 valence electrons. The monoisotopic (exact) mass is 387 g/mol.